The van der Waals surface area contributed by atoms with Crippen LogP contribution < -0.4 is 0 Å². The van der Waals surface area contributed by atoms with E-state index in [0.717, 1.165) is 37.5 Å². The SMILES string of the molecule is O=C(OCc1cc(F)ccc1F)N1CCCCC1. The lowest BCUT2D eigenvalue weighted by atomic mass is 10.1. The van der Waals surface area contributed by atoms with Gasteiger partial charge in [0.25, 0.3) is 0 Å². The number of nitrogens with zero attached hydrogens (tertiary/aromatic N) is 1. The summed E-state index contributed by atoms with van der Waals surface area (Å²) >= 11 is 0. The van der Waals surface area contributed by atoms with E-state index in [1.54, 1.807) is 4.90 Å². The molecular weight excluding hydrogens is 240 g/mol. The summed E-state index contributed by atoms with van der Waals surface area (Å²) in [6.45, 7) is 1.11. The molecule has 1 amide bonds. The van der Waals surface area contributed by atoms with E-state index < -0.39 is 17.7 Å². The van der Waals surface area contributed by atoms with Gasteiger partial charge in [-0.25, -0.2) is 13.6 Å². The molecule has 5 heteroatoms. The second-order valence-electron chi connectivity index (χ2n) is 4.34. The zero-order valence-electron chi connectivity index (χ0n) is 9.99. The Kier molecular flexibility index (Phi) is 4.12. The summed E-state index contributed by atoms with van der Waals surface area (Å²) in [5, 5.41) is 0. The Morgan fingerprint density at radius 2 is 1.94 bits per heavy atom. The highest BCUT2D eigenvalue weighted by atomic mass is 19.1. The predicted octanol–water partition coefficient (Wildman–Crippen LogP) is 3.09. The van der Waals surface area contributed by atoms with Crippen LogP contribution in [0.1, 0.15) is 24.8 Å². The van der Waals surface area contributed by atoms with Gasteiger partial charge in [-0.2, -0.15) is 0 Å². The summed E-state index contributed by atoms with van der Waals surface area (Å²) in [7, 11) is 0. The van der Waals surface area contributed by atoms with Gasteiger partial charge in [-0.1, -0.05) is 0 Å². The highest BCUT2D eigenvalue weighted by Gasteiger charge is 2.18. The van der Waals surface area contributed by atoms with Gasteiger partial charge in [0.2, 0.25) is 0 Å². The van der Waals surface area contributed by atoms with Gasteiger partial charge in [0.05, 0.1) is 0 Å². The number of piperidine rings is 1. The Morgan fingerprint density at radius 1 is 1.22 bits per heavy atom. The topological polar surface area (TPSA) is 29.5 Å². The Hall–Kier alpha value is -1.65. The number of hydrogen-bond donors (Lipinski definition) is 0. The first-order chi connectivity index (χ1) is 8.66. The van der Waals surface area contributed by atoms with Crippen molar-refractivity contribution in [2.75, 3.05) is 13.1 Å². The number of benzene rings is 1. The van der Waals surface area contributed by atoms with Crippen molar-refractivity contribution >= 4 is 6.09 Å². The maximum Gasteiger partial charge on any atom is 0.410 e. The fourth-order valence-electron chi connectivity index (χ4n) is 1.96. The second-order valence-corrected chi connectivity index (χ2v) is 4.34. The Morgan fingerprint density at radius 3 is 2.67 bits per heavy atom. The Bertz CT molecular complexity index is 431. The molecule has 0 bridgehead atoms. The zero-order valence-corrected chi connectivity index (χ0v) is 9.99. The van der Waals surface area contributed by atoms with Crippen LogP contribution in [0.3, 0.4) is 0 Å². The lowest BCUT2D eigenvalue weighted by molar-refractivity contribution is 0.0885. The predicted molar refractivity (Wildman–Crippen MR) is 62.0 cm³/mol. The molecule has 1 aromatic carbocycles. The van der Waals surface area contributed by atoms with Crippen molar-refractivity contribution in [1.82, 2.24) is 4.90 Å². The first-order valence-corrected chi connectivity index (χ1v) is 6.02. The lowest BCUT2D eigenvalue weighted by Gasteiger charge is -2.25. The van der Waals surface area contributed by atoms with Gasteiger partial charge in [-0.15, -0.1) is 0 Å². The van der Waals surface area contributed by atoms with Crippen molar-refractivity contribution in [3.8, 4) is 0 Å². The normalized spacial score (nSPS) is 15.6. The van der Waals surface area contributed by atoms with Crippen LogP contribution in [0.5, 0.6) is 0 Å². The van der Waals surface area contributed by atoms with Crippen LogP contribution in [0.2, 0.25) is 0 Å². The molecule has 1 saturated heterocycles. The summed E-state index contributed by atoms with van der Waals surface area (Å²) in [5.74, 6) is -1.11. The Balaban J connectivity index is 1.90. The molecule has 3 nitrogen and oxygen atoms in total. The molecule has 1 fully saturated rings. The number of carbonyl (C=O) groups excluding carboxylic acids is 1. The lowest BCUT2D eigenvalue weighted by Crippen LogP contribution is -2.35. The number of halogens is 2. The van der Waals surface area contributed by atoms with E-state index in [1.807, 2.05) is 0 Å². The van der Waals surface area contributed by atoms with Crippen LogP contribution in [0.15, 0.2) is 18.2 Å². The molecule has 0 N–H and O–H groups in total. The summed E-state index contributed by atoms with van der Waals surface area (Å²) in [4.78, 5) is 13.3. The van der Waals surface area contributed by atoms with Crippen molar-refractivity contribution in [3.05, 3.63) is 35.4 Å². The van der Waals surface area contributed by atoms with E-state index in [1.165, 1.54) is 0 Å². The molecular formula is C13H15F2NO2. The molecule has 1 aliphatic heterocycles. The maximum atomic E-state index is 13.3. The summed E-state index contributed by atoms with van der Waals surface area (Å²) in [5.41, 5.74) is 0.0559. The van der Waals surface area contributed by atoms with Crippen LogP contribution >= 0.6 is 0 Å². The van der Waals surface area contributed by atoms with E-state index in [4.69, 9.17) is 4.74 Å². The molecule has 0 saturated carbocycles. The van der Waals surface area contributed by atoms with E-state index >= 15 is 0 Å². The third kappa shape index (κ3) is 3.18. The number of ether oxygens (including phenoxy) is 1. The second kappa shape index (κ2) is 5.80. The smallest absolute Gasteiger partial charge is 0.410 e. The van der Waals surface area contributed by atoms with Crippen LogP contribution in [-0.4, -0.2) is 24.1 Å². The molecule has 18 heavy (non-hydrogen) atoms. The number of hydrogen-bond acceptors (Lipinski definition) is 2. The number of likely N-dealkylation sites (tertiary alicyclic amines) is 1. The molecule has 0 radical (unpaired) electrons. The van der Waals surface area contributed by atoms with Gasteiger partial charge < -0.3 is 9.64 Å². The van der Waals surface area contributed by atoms with Crippen LogP contribution in [0, 0.1) is 11.6 Å². The molecule has 1 aromatic rings. The highest BCUT2D eigenvalue weighted by molar-refractivity contribution is 5.67. The minimum atomic E-state index is -0.567. The molecule has 1 heterocycles. The first-order valence-electron chi connectivity index (χ1n) is 6.02. The van der Waals surface area contributed by atoms with Crippen molar-refractivity contribution in [1.29, 1.82) is 0 Å². The monoisotopic (exact) mass is 255 g/mol. The quantitative estimate of drug-likeness (QED) is 0.812. The van der Waals surface area contributed by atoms with Gasteiger partial charge >= 0.3 is 6.09 Å². The molecule has 0 atom stereocenters. The van der Waals surface area contributed by atoms with Crippen molar-refractivity contribution in [2.24, 2.45) is 0 Å². The summed E-state index contributed by atoms with van der Waals surface area (Å²) < 4.78 is 31.2. The van der Waals surface area contributed by atoms with E-state index in [2.05, 4.69) is 0 Å². The zero-order chi connectivity index (χ0) is 13.0. The third-order valence-corrected chi connectivity index (χ3v) is 2.97. The van der Waals surface area contributed by atoms with Crippen molar-refractivity contribution in [2.45, 2.75) is 25.9 Å². The molecule has 0 spiro atoms. The van der Waals surface area contributed by atoms with Crippen LogP contribution in [0.25, 0.3) is 0 Å². The minimum absolute atomic E-state index is 0.0559. The van der Waals surface area contributed by atoms with E-state index in [-0.39, 0.29) is 12.2 Å². The molecule has 1 aliphatic rings. The van der Waals surface area contributed by atoms with Gasteiger partial charge in [-0.3, -0.25) is 0 Å². The number of carbonyl (C=O) groups is 1. The molecule has 2 rings (SSSR count). The first kappa shape index (κ1) is 12.8. The Labute approximate surface area is 104 Å². The standard InChI is InChI=1S/C13H15F2NO2/c14-11-4-5-12(15)10(8-11)9-18-13(17)16-6-2-1-3-7-16/h4-5,8H,1-3,6-7,9H2. The van der Waals surface area contributed by atoms with Gasteiger partial charge in [-0.05, 0) is 37.5 Å². The van der Waals surface area contributed by atoms with Gasteiger partial charge in [0, 0.05) is 18.7 Å². The summed E-state index contributed by atoms with van der Waals surface area (Å²) in [6, 6.07) is 3.10. The maximum absolute atomic E-state index is 13.3. The largest absolute Gasteiger partial charge is 0.444 e. The molecule has 0 aromatic heterocycles. The molecule has 98 valence electrons. The fourth-order valence-corrected chi connectivity index (χ4v) is 1.96. The van der Waals surface area contributed by atoms with Crippen molar-refractivity contribution < 1.29 is 18.3 Å². The highest BCUT2D eigenvalue weighted by Crippen LogP contribution is 2.13. The van der Waals surface area contributed by atoms with Gasteiger partial charge in [0.15, 0.2) is 0 Å². The van der Waals surface area contributed by atoms with Crippen molar-refractivity contribution in [3.63, 3.8) is 0 Å². The number of amides is 1. The average molecular weight is 255 g/mol. The summed E-state index contributed by atoms with van der Waals surface area (Å²) in [6.07, 6.45) is 2.58. The number of rotatable bonds is 2. The van der Waals surface area contributed by atoms with Crippen LogP contribution in [-0.2, 0) is 11.3 Å². The molecule has 0 unspecified atom stereocenters. The van der Waals surface area contributed by atoms with E-state index in [0.29, 0.717) is 13.1 Å². The minimum Gasteiger partial charge on any atom is -0.444 e. The molecule has 0 aliphatic carbocycles. The van der Waals surface area contributed by atoms with Gasteiger partial charge in [0.1, 0.15) is 18.2 Å². The van der Waals surface area contributed by atoms with Crippen LogP contribution in [0.4, 0.5) is 13.6 Å². The fraction of sp³-hybridized carbons (Fsp3) is 0.462. The third-order valence-electron chi connectivity index (χ3n) is 2.97. The van der Waals surface area contributed by atoms with E-state index in [9.17, 15) is 13.6 Å². The average Bonchev–Trinajstić information content (AvgIpc) is 2.40.